The predicted molar refractivity (Wildman–Crippen MR) is 73.4 cm³/mol. The molecule has 0 heterocycles. The van der Waals surface area contributed by atoms with Crippen LogP contribution in [0.25, 0.3) is 0 Å². The lowest BCUT2D eigenvalue weighted by atomic mass is 10.0. The third-order valence-electron chi connectivity index (χ3n) is 2.60. The molecule has 0 spiro atoms. The van der Waals surface area contributed by atoms with Crippen LogP contribution in [-0.2, 0) is 0 Å². The Morgan fingerprint density at radius 3 is 2.20 bits per heavy atom. The van der Waals surface area contributed by atoms with E-state index < -0.39 is 0 Å². The van der Waals surface area contributed by atoms with Gasteiger partial charge in [-0.15, -0.1) is 12.4 Å². The van der Waals surface area contributed by atoms with Crippen molar-refractivity contribution < 1.29 is 0 Å². The first-order valence-electron chi connectivity index (χ1n) is 4.87. The van der Waals surface area contributed by atoms with Gasteiger partial charge in [0.25, 0.3) is 0 Å². The van der Waals surface area contributed by atoms with Gasteiger partial charge in [-0.1, -0.05) is 44.7 Å². The van der Waals surface area contributed by atoms with Gasteiger partial charge in [-0.2, -0.15) is 0 Å². The van der Waals surface area contributed by atoms with Crippen LogP contribution in [0.1, 0.15) is 30.9 Å². The molecule has 0 aromatic heterocycles. The highest BCUT2D eigenvalue weighted by Crippen LogP contribution is 2.37. The molecule has 1 nitrogen and oxygen atoms in total. The Morgan fingerprint density at radius 2 is 1.73 bits per heavy atom. The summed E-state index contributed by atoms with van der Waals surface area (Å²) in [5, 5.41) is 0. The quantitative estimate of drug-likeness (QED) is 0.853. The number of hydrogen-bond acceptors (Lipinski definition) is 1. The summed E-state index contributed by atoms with van der Waals surface area (Å²) in [7, 11) is 0. The fourth-order valence-corrected chi connectivity index (χ4v) is 2.97. The average Bonchev–Trinajstić information content (AvgIpc) is 2.86. The normalized spacial score (nSPS) is 17.0. The van der Waals surface area contributed by atoms with E-state index in [9.17, 15) is 0 Å². The summed E-state index contributed by atoms with van der Waals surface area (Å²) >= 11 is 6.96. The summed E-state index contributed by atoms with van der Waals surface area (Å²) in [6.07, 6.45) is 3.86. The zero-order valence-electron chi connectivity index (χ0n) is 8.25. The lowest BCUT2D eigenvalue weighted by Crippen LogP contribution is -2.10. The van der Waals surface area contributed by atoms with Crippen LogP contribution in [0.5, 0.6) is 0 Å². The molecule has 4 heteroatoms. The summed E-state index contributed by atoms with van der Waals surface area (Å²) in [5.74, 6) is 0.878. The van der Waals surface area contributed by atoms with Crippen molar-refractivity contribution in [2.45, 2.75) is 25.3 Å². The topological polar surface area (TPSA) is 26.0 Å². The van der Waals surface area contributed by atoms with Crippen molar-refractivity contribution >= 4 is 44.3 Å². The second kappa shape index (κ2) is 5.67. The first-order valence-corrected chi connectivity index (χ1v) is 6.45. The molecule has 0 radical (unpaired) electrons. The number of hydrogen-bond donors (Lipinski definition) is 1. The lowest BCUT2D eigenvalue weighted by Gasteiger charge is -2.12. The minimum atomic E-state index is 0. The standard InChI is InChI=1S/C11H13Br2N.ClH/c12-9-4-8(5-10(13)6-9)11(14)3-7-1-2-7;/h4-7,11H,1-3,14H2;1H/t11-;/m1./s1. The first-order chi connectivity index (χ1) is 6.65. The smallest absolute Gasteiger partial charge is 0.0298 e. The molecule has 1 aromatic carbocycles. The molecular weight excluding hydrogens is 341 g/mol. The van der Waals surface area contributed by atoms with Crippen LogP contribution in [-0.4, -0.2) is 0 Å². The van der Waals surface area contributed by atoms with E-state index in [4.69, 9.17) is 5.73 Å². The third kappa shape index (κ3) is 4.06. The average molecular weight is 356 g/mol. The minimum Gasteiger partial charge on any atom is -0.324 e. The van der Waals surface area contributed by atoms with E-state index in [1.54, 1.807) is 0 Å². The first kappa shape index (κ1) is 13.5. The molecule has 1 aliphatic rings. The van der Waals surface area contributed by atoms with Crippen LogP contribution in [0.3, 0.4) is 0 Å². The fourth-order valence-electron chi connectivity index (χ4n) is 1.64. The zero-order chi connectivity index (χ0) is 10.1. The molecule has 2 rings (SSSR count). The van der Waals surface area contributed by atoms with Gasteiger partial charge in [0.05, 0.1) is 0 Å². The lowest BCUT2D eigenvalue weighted by molar-refractivity contribution is 0.596. The van der Waals surface area contributed by atoms with Gasteiger partial charge in [-0.25, -0.2) is 0 Å². The van der Waals surface area contributed by atoms with Crippen LogP contribution in [0.2, 0.25) is 0 Å². The van der Waals surface area contributed by atoms with E-state index >= 15 is 0 Å². The van der Waals surface area contributed by atoms with Crippen LogP contribution in [0, 0.1) is 5.92 Å². The summed E-state index contributed by atoms with van der Waals surface area (Å²) in [5.41, 5.74) is 7.35. The zero-order valence-corrected chi connectivity index (χ0v) is 12.2. The largest absolute Gasteiger partial charge is 0.324 e. The van der Waals surface area contributed by atoms with Gasteiger partial charge in [-0.05, 0) is 36.1 Å². The molecule has 0 amide bonds. The Balaban J connectivity index is 0.00000112. The predicted octanol–water partition coefficient (Wildman–Crippen LogP) is 4.43. The van der Waals surface area contributed by atoms with E-state index in [1.165, 1.54) is 18.4 Å². The Labute approximate surface area is 113 Å². The monoisotopic (exact) mass is 353 g/mol. The molecule has 2 N–H and O–H groups in total. The Bertz CT molecular complexity index is 319. The van der Waals surface area contributed by atoms with Gasteiger partial charge in [0, 0.05) is 15.0 Å². The van der Waals surface area contributed by atoms with Gasteiger partial charge in [0.2, 0.25) is 0 Å². The van der Waals surface area contributed by atoms with Crippen molar-refractivity contribution in [2.24, 2.45) is 11.7 Å². The third-order valence-corrected chi connectivity index (χ3v) is 3.51. The molecule has 84 valence electrons. The molecule has 1 aromatic rings. The fraction of sp³-hybridized carbons (Fsp3) is 0.455. The summed E-state index contributed by atoms with van der Waals surface area (Å²) < 4.78 is 2.18. The number of nitrogens with two attached hydrogens (primary N) is 1. The van der Waals surface area contributed by atoms with Gasteiger partial charge < -0.3 is 5.73 Å². The van der Waals surface area contributed by atoms with Crippen LogP contribution >= 0.6 is 44.3 Å². The Hall–Kier alpha value is 0.430. The maximum Gasteiger partial charge on any atom is 0.0298 e. The summed E-state index contributed by atoms with van der Waals surface area (Å²) in [6, 6.07) is 6.44. The van der Waals surface area contributed by atoms with Crippen molar-refractivity contribution in [3.8, 4) is 0 Å². The second-order valence-electron chi connectivity index (χ2n) is 3.99. The Kier molecular flexibility index (Phi) is 5.10. The molecule has 1 fully saturated rings. The number of halogens is 3. The van der Waals surface area contributed by atoms with Crippen LogP contribution in [0.4, 0.5) is 0 Å². The van der Waals surface area contributed by atoms with Crippen molar-refractivity contribution in [1.82, 2.24) is 0 Å². The number of benzene rings is 1. The van der Waals surface area contributed by atoms with Gasteiger partial charge in [0.1, 0.15) is 0 Å². The minimum absolute atomic E-state index is 0. The highest BCUT2D eigenvalue weighted by Gasteiger charge is 2.24. The van der Waals surface area contributed by atoms with E-state index in [1.807, 2.05) is 6.07 Å². The maximum atomic E-state index is 6.13. The van der Waals surface area contributed by atoms with Crippen LogP contribution < -0.4 is 5.73 Å². The highest BCUT2D eigenvalue weighted by atomic mass is 79.9. The van der Waals surface area contributed by atoms with Crippen molar-refractivity contribution in [3.63, 3.8) is 0 Å². The Morgan fingerprint density at radius 1 is 1.20 bits per heavy atom. The van der Waals surface area contributed by atoms with Crippen molar-refractivity contribution in [1.29, 1.82) is 0 Å². The van der Waals surface area contributed by atoms with Gasteiger partial charge in [-0.3, -0.25) is 0 Å². The van der Waals surface area contributed by atoms with E-state index in [-0.39, 0.29) is 18.4 Å². The molecule has 0 bridgehead atoms. The highest BCUT2D eigenvalue weighted by molar-refractivity contribution is 9.11. The molecular formula is C11H14Br2ClN. The molecule has 1 atom stereocenters. The molecule has 15 heavy (non-hydrogen) atoms. The van der Waals surface area contributed by atoms with Gasteiger partial charge in [0.15, 0.2) is 0 Å². The molecule has 0 saturated heterocycles. The number of rotatable bonds is 3. The molecule has 1 saturated carbocycles. The van der Waals surface area contributed by atoms with Gasteiger partial charge >= 0.3 is 0 Å². The molecule has 0 unspecified atom stereocenters. The second-order valence-corrected chi connectivity index (χ2v) is 5.82. The summed E-state index contributed by atoms with van der Waals surface area (Å²) in [6.45, 7) is 0. The van der Waals surface area contributed by atoms with E-state index in [0.29, 0.717) is 0 Å². The van der Waals surface area contributed by atoms with Crippen LogP contribution in [0.15, 0.2) is 27.1 Å². The molecule has 1 aliphatic carbocycles. The summed E-state index contributed by atoms with van der Waals surface area (Å²) in [4.78, 5) is 0. The van der Waals surface area contributed by atoms with E-state index in [2.05, 4.69) is 44.0 Å². The SMILES string of the molecule is Cl.N[C@H](CC1CC1)c1cc(Br)cc(Br)c1. The van der Waals surface area contributed by atoms with Crippen molar-refractivity contribution in [3.05, 3.63) is 32.7 Å². The molecule has 0 aliphatic heterocycles. The van der Waals surface area contributed by atoms with E-state index in [0.717, 1.165) is 21.3 Å². The maximum absolute atomic E-state index is 6.13. The van der Waals surface area contributed by atoms with Crippen molar-refractivity contribution in [2.75, 3.05) is 0 Å².